The van der Waals surface area contributed by atoms with Crippen LogP contribution in [0.15, 0.2) is 18.2 Å². The van der Waals surface area contributed by atoms with Crippen LogP contribution in [0.4, 0.5) is 17.6 Å². The Morgan fingerprint density at radius 3 is 2.43 bits per heavy atom. The molecule has 1 fully saturated rings. The summed E-state index contributed by atoms with van der Waals surface area (Å²) in [5, 5.41) is 0. The first kappa shape index (κ1) is 15.8. The van der Waals surface area contributed by atoms with Gasteiger partial charge in [-0.2, -0.15) is 13.2 Å². The second-order valence-electron chi connectivity index (χ2n) is 5.75. The van der Waals surface area contributed by atoms with E-state index in [9.17, 15) is 22.4 Å². The average molecular weight is 303 g/mol. The van der Waals surface area contributed by atoms with Crippen LogP contribution in [-0.4, -0.2) is 23.4 Å². The minimum atomic E-state index is -4.80. The molecule has 1 aliphatic carbocycles. The normalized spacial score (nSPS) is 15.4. The lowest BCUT2D eigenvalue weighted by molar-refractivity contribution is -0.140. The predicted molar refractivity (Wildman–Crippen MR) is 70.3 cm³/mol. The molecule has 0 bridgehead atoms. The third-order valence-corrected chi connectivity index (χ3v) is 3.34. The Balaban J connectivity index is 2.34. The van der Waals surface area contributed by atoms with Gasteiger partial charge in [0.1, 0.15) is 5.82 Å². The summed E-state index contributed by atoms with van der Waals surface area (Å²) in [6, 6.07) is 2.85. The van der Waals surface area contributed by atoms with Gasteiger partial charge in [0.25, 0.3) is 5.91 Å². The van der Waals surface area contributed by atoms with Crippen molar-refractivity contribution in [3.05, 3.63) is 35.1 Å². The number of carbonyl (C=O) groups excluding carboxylic acids is 1. The third kappa shape index (κ3) is 3.54. The van der Waals surface area contributed by atoms with Crippen LogP contribution in [0.3, 0.4) is 0 Å². The van der Waals surface area contributed by atoms with Crippen molar-refractivity contribution in [1.82, 2.24) is 4.90 Å². The number of halogens is 4. The fraction of sp³-hybridized carbons (Fsp3) is 0.533. The van der Waals surface area contributed by atoms with Crippen LogP contribution in [0, 0.1) is 11.7 Å². The molecule has 0 saturated heterocycles. The standard InChI is InChI=1S/C15H17F4NO/c1-9(2)8-20(10-6-7-10)14(21)11-4-3-5-12(13(11)16)15(17,18)19/h3-5,9-10H,6-8H2,1-2H3. The summed E-state index contributed by atoms with van der Waals surface area (Å²) in [5.41, 5.74) is -1.90. The van der Waals surface area contributed by atoms with E-state index in [0.717, 1.165) is 25.0 Å². The van der Waals surface area contributed by atoms with Gasteiger partial charge in [0.2, 0.25) is 0 Å². The van der Waals surface area contributed by atoms with Crippen molar-refractivity contribution in [2.24, 2.45) is 5.92 Å². The number of amides is 1. The van der Waals surface area contributed by atoms with Crippen molar-refractivity contribution >= 4 is 5.91 Å². The molecule has 1 aromatic carbocycles. The van der Waals surface area contributed by atoms with Crippen molar-refractivity contribution in [3.63, 3.8) is 0 Å². The highest BCUT2D eigenvalue weighted by Crippen LogP contribution is 2.34. The van der Waals surface area contributed by atoms with Crippen LogP contribution in [0.25, 0.3) is 0 Å². The Morgan fingerprint density at radius 1 is 1.33 bits per heavy atom. The number of rotatable bonds is 4. The average Bonchev–Trinajstić information content (AvgIpc) is 3.18. The Morgan fingerprint density at radius 2 is 1.95 bits per heavy atom. The van der Waals surface area contributed by atoms with Gasteiger partial charge in [0, 0.05) is 12.6 Å². The van der Waals surface area contributed by atoms with Gasteiger partial charge in [-0.1, -0.05) is 19.9 Å². The van der Waals surface area contributed by atoms with Gasteiger partial charge >= 0.3 is 6.18 Å². The van der Waals surface area contributed by atoms with Gasteiger partial charge in [-0.25, -0.2) is 4.39 Å². The van der Waals surface area contributed by atoms with Crippen LogP contribution in [0.2, 0.25) is 0 Å². The lowest BCUT2D eigenvalue weighted by atomic mass is 10.1. The first-order valence-corrected chi connectivity index (χ1v) is 6.88. The molecule has 1 saturated carbocycles. The summed E-state index contributed by atoms with van der Waals surface area (Å²) >= 11 is 0. The summed E-state index contributed by atoms with van der Waals surface area (Å²) in [7, 11) is 0. The minimum absolute atomic E-state index is 0.0221. The Kier molecular flexibility index (Phi) is 4.25. The Hall–Kier alpha value is -1.59. The van der Waals surface area contributed by atoms with Crippen molar-refractivity contribution in [2.45, 2.75) is 38.9 Å². The molecule has 0 aromatic heterocycles. The van der Waals surface area contributed by atoms with E-state index >= 15 is 0 Å². The summed E-state index contributed by atoms with van der Waals surface area (Å²) in [6.45, 7) is 4.23. The second-order valence-corrected chi connectivity index (χ2v) is 5.75. The fourth-order valence-electron chi connectivity index (χ4n) is 2.25. The molecule has 0 heterocycles. The Labute approximate surface area is 120 Å². The fourth-order valence-corrected chi connectivity index (χ4v) is 2.25. The van der Waals surface area contributed by atoms with Gasteiger partial charge in [-0.3, -0.25) is 4.79 Å². The van der Waals surface area contributed by atoms with E-state index in [-0.39, 0.29) is 12.0 Å². The molecule has 21 heavy (non-hydrogen) atoms. The van der Waals surface area contributed by atoms with E-state index in [0.29, 0.717) is 12.6 Å². The minimum Gasteiger partial charge on any atom is -0.335 e. The summed E-state index contributed by atoms with van der Waals surface area (Å²) < 4.78 is 52.2. The smallest absolute Gasteiger partial charge is 0.335 e. The summed E-state index contributed by atoms with van der Waals surface area (Å²) in [6.07, 6.45) is -3.17. The number of hydrogen-bond donors (Lipinski definition) is 0. The largest absolute Gasteiger partial charge is 0.419 e. The molecule has 0 atom stereocenters. The lowest BCUT2D eigenvalue weighted by Gasteiger charge is -2.25. The maximum atomic E-state index is 14.0. The molecular weight excluding hydrogens is 286 g/mol. The maximum absolute atomic E-state index is 14.0. The van der Waals surface area contributed by atoms with Crippen LogP contribution < -0.4 is 0 Å². The zero-order chi connectivity index (χ0) is 15.8. The van der Waals surface area contributed by atoms with Crippen molar-refractivity contribution < 1.29 is 22.4 Å². The topological polar surface area (TPSA) is 20.3 Å². The molecule has 6 heteroatoms. The number of hydrogen-bond acceptors (Lipinski definition) is 1. The lowest BCUT2D eigenvalue weighted by Crippen LogP contribution is -2.36. The van der Waals surface area contributed by atoms with E-state index < -0.39 is 29.0 Å². The molecule has 116 valence electrons. The first-order chi connectivity index (χ1) is 9.71. The monoisotopic (exact) mass is 303 g/mol. The zero-order valence-electron chi connectivity index (χ0n) is 11.9. The van der Waals surface area contributed by atoms with Gasteiger partial charge in [0.05, 0.1) is 11.1 Å². The van der Waals surface area contributed by atoms with Gasteiger partial charge in [0.15, 0.2) is 0 Å². The van der Waals surface area contributed by atoms with E-state index in [1.54, 1.807) is 0 Å². The summed E-state index contributed by atoms with van der Waals surface area (Å²) in [4.78, 5) is 13.9. The summed E-state index contributed by atoms with van der Waals surface area (Å²) in [5.74, 6) is -1.97. The van der Waals surface area contributed by atoms with Gasteiger partial charge in [-0.15, -0.1) is 0 Å². The van der Waals surface area contributed by atoms with Crippen molar-refractivity contribution in [1.29, 1.82) is 0 Å². The molecule has 0 N–H and O–H groups in total. The van der Waals surface area contributed by atoms with Crippen LogP contribution >= 0.6 is 0 Å². The highest BCUT2D eigenvalue weighted by Gasteiger charge is 2.38. The molecule has 1 aliphatic rings. The molecule has 1 aromatic rings. The first-order valence-electron chi connectivity index (χ1n) is 6.88. The molecular formula is C15H17F4NO. The predicted octanol–water partition coefficient (Wildman–Crippen LogP) is 4.11. The van der Waals surface area contributed by atoms with E-state index in [1.807, 2.05) is 13.8 Å². The van der Waals surface area contributed by atoms with Crippen LogP contribution in [0.5, 0.6) is 0 Å². The van der Waals surface area contributed by atoms with E-state index in [1.165, 1.54) is 4.90 Å². The molecule has 0 spiro atoms. The number of nitrogens with zero attached hydrogens (tertiary/aromatic N) is 1. The highest BCUT2D eigenvalue weighted by atomic mass is 19.4. The number of alkyl halides is 3. The van der Waals surface area contributed by atoms with Crippen LogP contribution in [-0.2, 0) is 6.18 Å². The maximum Gasteiger partial charge on any atom is 0.419 e. The SMILES string of the molecule is CC(C)CN(C(=O)c1cccc(C(F)(F)F)c1F)C1CC1. The molecule has 1 amide bonds. The second kappa shape index (κ2) is 5.66. The third-order valence-electron chi connectivity index (χ3n) is 3.34. The number of carbonyl (C=O) groups is 1. The molecule has 2 nitrogen and oxygen atoms in total. The quantitative estimate of drug-likeness (QED) is 0.767. The highest BCUT2D eigenvalue weighted by molar-refractivity contribution is 5.95. The van der Waals surface area contributed by atoms with Crippen LogP contribution in [0.1, 0.15) is 42.6 Å². The molecule has 0 radical (unpaired) electrons. The van der Waals surface area contributed by atoms with Gasteiger partial charge in [-0.05, 0) is 30.9 Å². The number of benzene rings is 1. The zero-order valence-corrected chi connectivity index (χ0v) is 11.9. The molecule has 2 rings (SSSR count). The Bertz CT molecular complexity index is 535. The van der Waals surface area contributed by atoms with E-state index in [2.05, 4.69) is 0 Å². The van der Waals surface area contributed by atoms with Crippen molar-refractivity contribution in [3.8, 4) is 0 Å². The molecule has 0 aliphatic heterocycles. The van der Waals surface area contributed by atoms with E-state index in [4.69, 9.17) is 0 Å². The van der Waals surface area contributed by atoms with Gasteiger partial charge < -0.3 is 4.90 Å². The molecule has 0 unspecified atom stereocenters. The van der Waals surface area contributed by atoms with Crippen molar-refractivity contribution in [2.75, 3.05) is 6.54 Å².